The van der Waals surface area contributed by atoms with Gasteiger partial charge in [0, 0.05) is 12.6 Å². The second kappa shape index (κ2) is 4.87. The van der Waals surface area contributed by atoms with Crippen molar-refractivity contribution in [1.29, 1.82) is 0 Å². The fourth-order valence-electron chi connectivity index (χ4n) is 2.28. The molecule has 2 rings (SSSR count). The molecular weight excluding hydrogens is 226 g/mol. The molecule has 0 spiro atoms. The Morgan fingerprint density at radius 2 is 2.44 bits per heavy atom. The summed E-state index contributed by atoms with van der Waals surface area (Å²) in [6.07, 6.45) is 6.02. The number of hydrogen-bond acceptors (Lipinski definition) is 3. The average molecular weight is 242 g/mol. The fraction of sp³-hybridized carbons (Fsp3) is 0.636. The lowest BCUT2D eigenvalue weighted by atomic mass is 10.0. The minimum atomic E-state index is -0.257. The van der Waals surface area contributed by atoms with E-state index in [1.165, 1.54) is 12.7 Å². The molecule has 1 N–H and O–H groups in total. The molecule has 4 nitrogen and oxygen atoms in total. The van der Waals surface area contributed by atoms with E-state index in [0.717, 1.165) is 25.8 Å². The summed E-state index contributed by atoms with van der Waals surface area (Å²) in [7, 11) is 0. The van der Waals surface area contributed by atoms with E-state index in [0.29, 0.717) is 11.9 Å². The molecule has 0 amide bonds. The molecule has 1 atom stereocenters. The van der Waals surface area contributed by atoms with Gasteiger partial charge in [-0.25, -0.2) is 4.98 Å². The average Bonchev–Trinajstić information content (AvgIpc) is 2.33. The zero-order chi connectivity index (χ0) is 11.5. The molecule has 0 bridgehead atoms. The van der Waals surface area contributed by atoms with Crippen LogP contribution in [0.4, 0.5) is 5.82 Å². The number of aromatic nitrogens is 2. The number of halogens is 1. The minimum Gasteiger partial charge on any atom is -0.352 e. The topological polar surface area (TPSA) is 49.0 Å². The first-order valence-electron chi connectivity index (χ1n) is 5.74. The number of rotatable bonds is 2. The van der Waals surface area contributed by atoms with Gasteiger partial charge in [0.25, 0.3) is 5.56 Å². The summed E-state index contributed by atoms with van der Waals surface area (Å²) in [6.45, 7) is 3.10. The Kier molecular flexibility index (Phi) is 3.49. The quantitative estimate of drug-likeness (QED) is 0.864. The second-order valence-corrected chi connectivity index (χ2v) is 4.50. The van der Waals surface area contributed by atoms with Crippen LogP contribution in [0.5, 0.6) is 0 Å². The van der Waals surface area contributed by atoms with Crippen molar-refractivity contribution in [3.8, 4) is 0 Å². The number of piperidine rings is 1. The van der Waals surface area contributed by atoms with Crippen molar-refractivity contribution in [2.75, 3.05) is 11.4 Å². The van der Waals surface area contributed by atoms with Crippen LogP contribution in [0.25, 0.3) is 0 Å². The predicted octanol–water partition coefficient (Wildman–Crippen LogP) is 2.19. The van der Waals surface area contributed by atoms with Crippen molar-refractivity contribution in [2.24, 2.45) is 0 Å². The normalized spacial score (nSPS) is 21.1. The van der Waals surface area contributed by atoms with E-state index in [2.05, 4.69) is 21.8 Å². The van der Waals surface area contributed by atoms with E-state index in [1.54, 1.807) is 0 Å². The molecule has 1 aliphatic rings. The molecule has 88 valence electrons. The summed E-state index contributed by atoms with van der Waals surface area (Å²) >= 11 is 6.00. The molecular formula is C11H16ClN3O. The van der Waals surface area contributed by atoms with Crippen LogP contribution < -0.4 is 10.5 Å². The van der Waals surface area contributed by atoms with Gasteiger partial charge in [0.1, 0.15) is 5.02 Å². The molecule has 0 aliphatic carbocycles. The van der Waals surface area contributed by atoms with Gasteiger partial charge < -0.3 is 9.88 Å². The molecule has 1 aliphatic heterocycles. The summed E-state index contributed by atoms with van der Waals surface area (Å²) in [5.74, 6) is 0.636. The molecule has 5 heteroatoms. The first kappa shape index (κ1) is 11.5. The van der Waals surface area contributed by atoms with Crippen LogP contribution in [-0.4, -0.2) is 22.6 Å². The van der Waals surface area contributed by atoms with Crippen molar-refractivity contribution in [2.45, 2.75) is 38.6 Å². The van der Waals surface area contributed by atoms with Crippen molar-refractivity contribution in [3.05, 3.63) is 21.7 Å². The fourth-order valence-corrected chi connectivity index (χ4v) is 2.49. The van der Waals surface area contributed by atoms with Crippen molar-refractivity contribution >= 4 is 17.4 Å². The van der Waals surface area contributed by atoms with Crippen LogP contribution in [0.2, 0.25) is 5.02 Å². The van der Waals surface area contributed by atoms with E-state index < -0.39 is 0 Å². The molecule has 1 fully saturated rings. The molecule has 16 heavy (non-hydrogen) atoms. The first-order chi connectivity index (χ1) is 7.74. The smallest absolute Gasteiger partial charge is 0.271 e. The SMILES string of the molecule is CCC1CCCCN1c1nc[nH]c(=O)c1Cl. The summed E-state index contributed by atoms with van der Waals surface area (Å²) in [4.78, 5) is 20.3. The van der Waals surface area contributed by atoms with Gasteiger partial charge in [0.05, 0.1) is 6.33 Å². The molecule has 1 aromatic heterocycles. The van der Waals surface area contributed by atoms with Crippen LogP contribution in [0.15, 0.2) is 11.1 Å². The largest absolute Gasteiger partial charge is 0.352 e. The van der Waals surface area contributed by atoms with E-state index in [-0.39, 0.29) is 10.6 Å². The molecule has 0 radical (unpaired) electrons. The number of nitrogens with one attached hydrogen (secondary N) is 1. The van der Waals surface area contributed by atoms with Crippen LogP contribution in [0.3, 0.4) is 0 Å². The van der Waals surface area contributed by atoms with Crippen LogP contribution in [-0.2, 0) is 0 Å². The maximum atomic E-state index is 11.4. The maximum Gasteiger partial charge on any atom is 0.271 e. The van der Waals surface area contributed by atoms with E-state index in [1.807, 2.05) is 0 Å². The highest BCUT2D eigenvalue weighted by atomic mass is 35.5. The summed E-state index contributed by atoms with van der Waals surface area (Å²) < 4.78 is 0. The summed E-state index contributed by atoms with van der Waals surface area (Å²) in [5, 5.41) is 0.211. The van der Waals surface area contributed by atoms with E-state index >= 15 is 0 Å². The zero-order valence-corrected chi connectivity index (χ0v) is 10.1. The summed E-state index contributed by atoms with van der Waals surface area (Å²) in [5.41, 5.74) is -0.257. The van der Waals surface area contributed by atoms with Gasteiger partial charge in [0.15, 0.2) is 5.82 Å². The third-order valence-corrected chi connectivity index (χ3v) is 3.49. The lowest BCUT2D eigenvalue weighted by molar-refractivity contribution is 0.446. The van der Waals surface area contributed by atoms with Gasteiger partial charge in [-0.1, -0.05) is 18.5 Å². The molecule has 1 aromatic rings. The number of anilines is 1. The lowest BCUT2D eigenvalue weighted by Crippen LogP contribution is -2.40. The Balaban J connectivity index is 2.34. The standard InChI is InChI=1S/C11H16ClN3O/c1-2-8-5-3-4-6-15(8)10-9(12)11(16)14-7-13-10/h7-8H,2-6H2,1H3,(H,13,14,16). The van der Waals surface area contributed by atoms with Crippen molar-refractivity contribution in [1.82, 2.24) is 9.97 Å². The first-order valence-corrected chi connectivity index (χ1v) is 6.11. The van der Waals surface area contributed by atoms with E-state index in [9.17, 15) is 4.79 Å². The highest BCUT2D eigenvalue weighted by Crippen LogP contribution is 2.27. The number of hydrogen-bond donors (Lipinski definition) is 1. The van der Waals surface area contributed by atoms with Gasteiger partial charge in [-0.05, 0) is 25.7 Å². The number of aromatic amines is 1. The third-order valence-electron chi connectivity index (χ3n) is 3.15. The predicted molar refractivity (Wildman–Crippen MR) is 65.1 cm³/mol. The lowest BCUT2D eigenvalue weighted by Gasteiger charge is -2.36. The van der Waals surface area contributed by atoms with Gasteiger partial charge >= 0.3 is 0 Å². The van der Waals surface area contributed by atoms with Crippen LogP contribution >= 0.6 is 11.6 Å². The van der Waals surface area contributed by atoms with Crippen molar-refractivity contribution < 1.29 is 0 Å². The third kappa shape index (κ3) is 2.07. The Hall–Kier alpha value is -1.03. The number of H-pyrrole nitrogens is 1. The van der Waals surface area contributed by atoms with Crippen LogP contribution in [0, 0.1) is 0 Å². The van der Waals surface area contributed by atoms with Gasteiger partial charge in [-0.2, -0.15) is 0 Å². The highest BCUT2D eigenvalue weighted by molar-refractivity contribution is 6.32. The Morgan fingerprint density at radius 1 is 1.62 bits per heavy atom. The van der Waals surface area contributed by atoms with E-state index in [4.69, 9.17) is 11.6 Å². The van der Waals surface area contributed by atoms with Crippen molar-refractivity contribution in [3.63, 3.8) is 0 Å². The Morgan fingerprint density at radius 3 is 3.19 bits per heavy atom. The summed E-state index contributed by atoms with van der Waals surface area (Å²) in [6, 6.07) is 0.459. The monoisotopic (exact) mass is 241 g/mol. The molecule has 1 saturated heterocycles. The zero-order valence-electron chi connectivity index (χ0n) is 9.37. The Labute approximate surface area is 99.6 Å². The molecule has 1 unspecified atom stereocenters. The molecule has 0 aromatic carbocycles. The molecule has 0 saturated carbocycles. The highest BCUT2D eigenvalue weighted by Gasteiger charge is 2.24. The maximum absolute atomic E-state index is 11.4. The minimum absolute atomic E-state index is 0.211. The van der Waals surface area contributed by atoms with Gasteiger partial charge in [0.2, 0.25) is 0 Å². The Bertz CT molecular complexity index is 418. The van der Waals surface area contributed by atoms with Gasteiger partial charge in [-0.3, -0.25) is 4.79 Å². The van der Waals surface area contributed by atoms with Crippen LogP contribution in [0.1, 0.15) is 32.6 Å². The molecule has 2 heterocycles. The second-order valence-electron chi connectivity index (χ2n) is 4.12. The van der Waals surface area contributed by atoms with Gasteiger partial charge in [-0.15, -0.1) is 0 Å². The number of nitrogens with zero attached hydrogens (tertiary/aromatic N) is 2.